The van der Waals surface area contributed by atoms with Gasteiger partial charge in [-0.05, 0) is 25.1 Å². The molecule has 0 aliphatic heterocycles. The summed E-state index contributed by atoms with van der Waals surface area (Å²) in [7, 11) is 0. The van der Waals surface area contributed by atoms with E-state index in [-0.39, 0.29) is 0 Å². The summed E-state index contributed by atoms with van der Waals surface area (Å²) in [6.07, 6.45) is 3.30. The fourth-order valence-electron chi connectivity index (χ4n) is 1.05. The zero-order chi connectivity index (χ0) is 11.8. The number of ether oxygens (including phenoxy) is 1. The maximum absolute atomic E-state index is 5.41. The maximum Gasteiger partial charge on any atom is 0.321 e. The van der Waals surface area contributed by atoms with Gasteiger partial charge < -0.3 is 4.74 Å². The highest BCUT2D eigenvalue weighted by Crippen LogP contribution is 2.16. The van der Waals surface area contributed by atoms with Gasteiger partial charge >= 0.3 is 6.01 Å². The molecule has 0 radical (unpaired) electrons. The minimum atomic E-state index is 0.372. The van der Waals surface area contributed by atoms with E-state index in [1.165, 1.54) is 5.56 Å². The quantitative estimate of drug-likeness (QED) is 0.769. The van der Waals surface area contributed by atoms with Gasteiger partial charge in [-0.15, -0.1) is 0 Å². The Morgan fingerprint density at radius 1 is 0.938 bits per heavy atom. The normalized spacial score (nSPS) is 8.94. The SMILES string of the molecule is CC.Cc1ccc(Oc2ncccn2)cc1. The lowest BCUT2D eigenvalue weighted by molar-refractivity contribution is 0.441. The summed E-state index contributed by atoms with van der Waals surface area (Å²) in [6.45, 7) is 6.03. The Morgan fingerprint density at radius 3 is 2.06 bits per heavy atom. The summed E-state index contributed by atoms with van der Waals surface area (Å²) < 4.78 is 5.41. The number of nitrogens with zero attached hydrogens (tertiary/aromatic N) is 2. The third-order valence-electron chi connectivity index (χ3n) is 1.77. The van der Waals surface area contributed by atoms with Crippen molar-refractivity contribution < 1.29 is 4.74 Å². The zero-order valence-electron chi connectivity index (χ0n) is 9.84. The Hall–Kier alpha value is -1.90. The average Bonchev–Trinajstić information content (AvgIpc) is 2.36. The van der Waals surface area contributed by atoms with Gasteiger partial charge in [0, 0.05) is 12.4 Å². The molecule has 16 heavy (non-hydrogen) atoms. The Kier molecular flexibility index (Phi) is 4.99. The molecule has 84 valence electrons. The molecule has 0 aliphatic carbocycles. The van der Waals surface area contributed by atoms with E-state index < -0.39 is 0 Å². The van der Waals surface area contributed by atoms with Crippen LogP contribution in [0.3, 0.4) is 0 Å². The van der Waals surface area contributed by atoms with E-state index in [0.29, 0.717) is 6.01 Å². The second kappa shape index (κ2) is 6.56. The van der Waals surface area contributed by atoms with Gasteiger partial charge in [-0.3, -0.25) is 0 Å². The van der Waals surface area contributed by atoms with Crippen LogP contribution in [0, 0.1) is 6.92 Å². The van der Waals surface area contributed by atoms with Crippen molar-refractivity contribution in [3.05, 3.63) is 48.3 Å². The Bertz CT molecular complexity index is 398. The highest BCUT2D eigenvalue weighted by atomic mass is 16.5. The van der Waals surface area contributed by atoms with Crippen molar-refractivity contribution in [1.82, 2.24) is 9.97 Å². The van der Waals surface area contributed by atoms with E-state index in [2.05, 4.69) is 9.97 Å². The van der Waals surface area contributed by atoms with Crippen LogP contribution in [0.4, 0.5) is 0 Å². The van der Waals surface area contributed by atoms with Gasteiger partial charge in [-0.2, -0.15) is 0 Å². The van der Waals surface area contributed by atoms with Crippen LogP contribution in [0.2, 0.25) is 0 Å². The standard InChI is InChI=1S/C11H10N2O.C2H6/c1-9-3-5-10(6-4-9)14-11-12-7-2-8-13-11;1-2/h2-8H,1H3;1-2H3. The van der Waals surface area contributed by atoms with Crippen molar-refractivity contribution in [2.24, 2.45) is 0 Å². The summed E-state index contributed by atoms with van der Waals surface area (Å²) in [5.74, 6) is 0.752. The lowest BCUT2D eigenvalue weighted by Crippen LogP contribution is -1.89. The van der Waals surface area contributed by atoms with Gasteiger partial charge in [-0.1, -0.05) is 31.5 Å². The molecule has 0 N–H and O–H groups in total. The largest absolute Gasteiger partial charge is 0.424 e. The molecule has 3 heteroatoms. The van der Waals surface area contributed by atoms with Gasteiger partial charge in [0.2, 0.25) is 0 Å². The van der Waals surface area contributed by atoms with Gasteiger partial charge in [0.05, 0.1) is 0 Å². The van der Waals surface area contributed by atoms with Gasteiger partial charge in [0.1, 0.15) is 5.75 Å². The Balaban J connectivity index is 0.000000606. The predicted molar refractivity (Wildman–Crippen MR) is 64.6 cm³/mol. The molecule has 0 fully saturated rings. The Labute approximate surface area is 96.1 Å². The van der Waals surface area contributed by atoms with Crippen molar-refractivity contribution in [3.8, 4) is 11.8 Å². The summed E-state index contributed by atoms with van der Waals surface area (Å²) in [5, 5.41) is 0. The second-order valence-electron chi connectivity index (χ2n) is 2.95. The van der Waals surface area contributed by atoms with E-state index in [0.717, 1.165) is 5.75 Å². The first-order valence-electron chi connectivity index (χ1n) is 5.36. The number of aromatic nitrogens is 2. The molecule has 0 spiro atoms. The lowest BCUT2D eigenvalue weighted by atomic mass is 10.2. The van der Waals surface area contributed by atoms with Crippen molar-refractivity contribution in [3.63, 3.8) is 0 Å². The first-order chi connectivity index (χ1) is 7.84. The molecule has 2 rings (SSSR count). The topological polar surface area (TPSA) is 35.0 Å². The first kappa shape index (κ1) is 12.2. The van der Waals surface area contributed by atoms with Crippen molar-refractivity contribution >= 4 is 0 Å². The Morgan fingerprint density at radius 2 is 1.50 bits per heavy atom. The molecule has 1 aromatic carbocycles. The lowest BCUT2D eigenvalue weighted by Gasteiger charge is -2.02. The van der Waals surface area contributed by atoms with E-state index in [4.69, 9.17) is 4.74 Å². The van der Waals surface area contributed by atoms with Crippen LogP contribution < -0.4 is 4.74 Å². The van der Waals surface area contributed by atoms with Crippen molar-refractivity contribution in [2.45, 2.75) is 20.8 Å². The van der Waals surface area contributed by atoms with Crippen LogP contribution in [0.5, 0.6) is 11.8 Å². The summed E-state index contributed by atoms with van der Waals surface area (Å²) >= 11 is 0. The third-order valence-corrected chi connectivity index (χ3v) is 1.77. The van der Waals surface area contributed by atoms with Gasteiger partial charge in [0.15, 0.2) is 0 Å². The highest BCUT2D eigenvalue weighted by molar-refractivity contribution is 5.28. The van der Waals surface area contributed by atoms with E-state index >= 15 is 0 Å². The van der Waals surface area contributed by atoms with Crippen LogP contribution in [0.25, 0.3) is 0 Å². The number of rotatable bonds is 2. The van der Waals surface area contributed by atoms with Crippen LogP contribution in [0.15, 0.2) is 42.7 Å². The van der Waals surface area contributed by atoms with Crippen molar-refractivity contribution in [1.29, 1.82) is 0 Å². The zero-order valence-corrected chi connectivity index (χ0v) is 9.84. The molecule has 1 aromatic heterocycles. The fourth-order valence-corrected chi connectivity index (χ4v) is 1.05. The molecule has 0 bridgehead atoms. The van der Waals surface area contributed by atoms with Gasteiger partial charge in [0.25, 0.3) is 0 Å². The minimum absolute atomic E-state index is 0.372. The second-order valence-corrected chi connectivity index (χ2v) is 2.95. The molecule has 0 saturated heterocycles. The minimum Gasteiger partial charge on any atom is -0.424 e. The van der Waals surface area contributed by atoms with Gasteiger partial charge in [-0.25, -0.2) is 9.97 Å². The molecular formula is C13H16N2O. The van der Waals surface area contributed by atoms with Crippen LogP contribution in [0.1, 0.15) is 19.4 Å². The first-order valence-corrected chi connectivity index (χ1v) is 5.36. The number of hydrogen-bond donors (Lipinski definition) is 0. The number of aryl methyl sites for hydroxylation is 1. The predicted octanol–water partition coefficient (Wildman–Crippen LogP) is 3.60. The average molecular weight is 216 g/mol. The monoisotopic (exact) mass is 216 g/mol. The molecule has 0 atom stereocenters. The fraction of sp³-hybridized carbons (Fsp3) is 0.231. The van der Waals surface area contributed by atoms with Crippen LogP contribution in [-0.4, -0.2) is 9.97 Å². The van der Waals surface area contributed by atoms with Crippen molar-refractivity contribution in [2.75, 3.05) is 0 Å². The molecule has 0 aliphatic rings. The molecule has 0 unspecified atom stereocenters. The van der Waals surface area contributed by atoms with Crippen LogP contribution in [-0.2, 0) is 0 Å². The maximum atomic E-state index is 5.41. The summed E-state index contributed by atoms with van der Waals surface area (Å²) in [4.78, 5) is 7.93. The smallest absolute Gasteiger partial charge is 0.321 e. The molecule has 0 amide bonds. The van der Waals surface area contributed by atoms with E-state index in [1.54, 1.807) is 18.5 Å². The molecule has 3 nitrogen and oxygen atoms in total. The molecule has 0 saturated carbocycles. The summed E-state index contributed by atoms with van der Waals surface area (Å²) in [6, 6.07) is 9.88. The molecule has 1 heterocycles. The number of hydrogen-bond acceptors (Lipinski definition) is 3. The molecule has 2 aromatic rings. The third kappa shape index (κ3) is 3.69. The van der Waals surface area contributed by atoms with E-state index in [1.807, 2.05) is 45.0 Å². The summed E-state index contributed by atoms with van der Waals surface area (Å²) in [5.41, 5.74) is 1.20. The van der Waals surface area contributed by atoms with E-state index in [9.17, 15) is 0 Å². The highest BCUT2D eigenvalue weighted by Gasteiger charge is 1.97. The molecular weight excluding hydrogens is 200 g/mol. The van der Waals surface area contributed by atoms with Crippen LogP contribution >= 0.6 is 0 Å². The number of benzene rings is 1.